The molecule has 0 rings (SSSR count). The third-order valence-electron chi connectivity index (χ3n) is 2.49. The smallest absolute Gasteiger partial charge is 0.143 e. The van der Waals surface area contributed by atoms with Crippen LogP contribution in [0.3, 0.4) is 0 Å². The fourth-order valence-electron chi connectivity index (χ4n) is 1.42. The van der Waals surface area contributed by atoms with Crippen LogP contribution < -0.4 is 0 Å². The molecular weight excluding hydrogens is 198 g/mol. The molecule has 0 saturated heterocycles. The fraction of sp³-hybridized carbons (Fsp3) is 0.786. The lowest BCUT2D eigenvalue weighted by Crippen LogP contribution is -2.09. The Bertz CT molecular complexity index is 205. The summed E-state index contributed by atoms with van der Waals surface area (Å²) in [5.41, 5.74) is 0. The summed E-state index contributed by atoms with van der Waals surface area (Å²) in [6.07, 6.45) is 12.2. The fourth-order valence-corrected chi connectivity index (χ4v) is 1.42. The molecule has 0 saturated carbocycles. The lowest BCUT2D eigenvalue weighted by atomic mass is 10.2. The largest absolute Gasteiger partial charge is 0.363 e. The quantitative estimate of drug-likeness (QED) is 0.410. The Morgan fingerprint density at radius 2 is 1.81 bits per heavy atom. The highest BCUT2D eigenvalue weighted by Crippen LogP contribution is 2.02. The Hall–Kier alpha value is -0.810. The molecule has 0 amide bonds. The second kappa shape index (κ2) is 12.3. The van der Waals surface area contributed by atoms with E-state index < -0.39 is 0 Å². The first-order chi connectivity index (χ1) is 7.85. The van der Waals surface area contributed by atoms with E-state index in [1.165, 1.54) is 25.7 Å². The van der Waals surface area contributed by atoms with Gasteiger partial charge in [-0.1, -0.05) is 38.8 Å². The van der Waals surface area contributed by atoms with Gasteiger partial charge in [0, 0.05) is 6.61 Å². The van der Waals surface area contributed by atoms with Crippen LogP contribution in [0.4, 0.5) is 0 Å². The third kappa shape index (κ3) is 9.73. The van der Waals surface area contributed by atoms with E-state index in [1.54, 1.807) is 0 Å². The molecule has 0 aliphatic carbocycles. The highest BCUT2D eigenvalue weighted by atomic mass is 16.5. The van der Waals surface area contributed by atoms with E-state index in [-0.39, 0.29) is 6.10 Å². The van der Waals surface area contributed by atoms with Gasteiger partial charge < -0.3 is 4.74 Å². The molecule has 0 aliphatic heterocycles. The van der Waals surface area contributed by atoms with Gasteiger partial charge in [0.2, 0.25) is 0 Å². The molecule has 0 aromatic heterocycles. The molecule has 2 nitrogen and oxygen atoms in total. The minimum atomic E-state index is -0.214. The second-order valence-corrected chi connectivity index (χ2v) is 4.01. The van der Waals surface area contributed by atoms with Crippen LogP contribution in [-0.4, -0.2) is 12.7 Å². The average Bonchev–Trinajstić information content (AvgIpc) is 2.32. The predicted octanol–water partition coefficient (Wildman–Crippen LogP) is 4.22. The van der Waals surface area contributed by atoms with Crippen LogP contribution in [0.15, 0.2) is 12.2 Å². The van der Waals surface area contributed by atoms with Gasteiger partial charge in [-0.2, -0.15) is 5.26 Å². The van der Waals surface area contributed by atoms with Crippen molar-refractivity contribution in [2.45, 2.75) is 64.9 Å². The van der Waals surface area contributed by atoms with Crippen LogP contribution in [0.2, 0.25) is 0 Å². The monoisotopic (exact) mass is 223 g/mol. The van der Waals surface area contributed by atoms with Crippen molar-refractivity contribution in [3.63, 3.8) is 0 Å². The Morgan fingerprint density at radius 3 is 2.38 bits per heavy atom. The molecule has 0 spiro atoms. The number of hydrogen-bond acceptors (Lipinski definition) is 2. The van der Waals surface area contributed by atoms with Crippen LogP contribution in [-0.2, 0) is 4.74 Å². The molecule has 0 radical (unpaired) electrons. The van der Waals surface area contributed by atoms with Gasteiger partial charge in [0.15, 0.2) is 0 Å². The van der Waals surface area contributed by atoms with Crippen LogP contribution in [0.25, 0.3) is 0 Å². The molecule has 92 valence electrons. The van der Waals surface area contributed by atoms with Gasteiger partial charge >= 0.3 is 0 Å². The average molecular weight is 223 g/mol. The molecule has 2 heteroatoms. The summed E-state index contributed by atoms with van der Waals surface area (Å²) in [6.45, 7) is 4.90. The maximum absolute atomic E-state index is 8.66. The summed E-state index contributed by atoms with van der Waals surface area (Å²) in [7, 11) is 0. The Kier molecular flexibility index (Phi) is 11.6. The van der Waals surface area contributed by atoms with Crippen molar-refractivity contribution in [2.24, 2.45) is 0 Å². The van der Waals surface area contributed by atoms with Crippen molar-refractivity contribution in [1.82, 2.24) is 0 Å². The van der Waals surface area contributed by atoms with Crippen LogP contribution in [0.1, 0.15) is 58.8 Å². The third-order valence-corrected chi connectivity index (χ3v) is 2.49. The molecule has 0 fully saturated rings. The van der Waals surface area contributed by atoms with E-state index in [9.17, 15) is 0 Å². The Morgan fingerprint density at radius 1 is 1.12 bits per heavy atom. The van der Waals surface area contributed by atoms with E-state index >= 15 is 0 Å². The van der Waals surface area contributed by atoms with E-state index in [2.05, 4.69) is 25.1 Å². The molecule has 0 aromatic carbocycles. The molecule has 0 bridgehead atoms. The first kappa shape index (κ1) is 15.2. The summed E-state index contributed by atoms with van der Waals surface area (Å²) in [5, 5.41) is 8.66. The van der Waals surface area contributed by atoms with Crippen molar-refractivity contribution in [3.05, 3.63) is 12.2 Å². The first-order valence-electron chi connectivity index (χ1n) is 6.51. The Balaban J connectivity index is 3.23. The zero-order valence-electron chi connectivity index (χ0n) is 10.7. The number of allylic oxidation sites excluding steroid dienone is 2. The second-order valence-electron chi connectivity index (χ2n) is 4.01. The molecule has 0 heterocycles. The van der Waals surface area contributed by atoms with Gasteiger partial charge in [-0.25, -0.2) is 0 Å². The van der Waals surface area contributed by atoms with Crippen molar-refractivity contribution in [3.8, 4) is 6.07 Å². The zero-order valence-corrected chi connectivity index (χ0v) is 10.7. The number of unbranched alkanes of at least 4 members (excludes halogenated alkanes) is 4. The number of nitriles is 1. The minimum absolute atomic E-state index is 0.214. The number of nitrogens with zero attached hydrogens (tertiary/aromatic N) is 1. The summed E-state index contributed by atoms with van der Waals surface area (Å²) in [4.78, 5) is 0. The van der Waals surface area contributed by atoms with Gasteiger partial charge in [0.1, 0.15) is 6.10 Å². The highest BCUT2D eigenvalue weighted by molar-refractivity contribution is 4.83. The van der Waals surface area contributed by atoms with Crippen molar-refractivity contribution in [1.29, 1.82) is 5.26 Å². The molecule has 0 aromatic rings. The van der Waals surface area contributed by atoms with E-state index in [1.807, 2.05) is 6.92 Å². The molecule has 0 aliphatic rings. The van der Waals surface area contributed by atoms with Crippen LogP contribution >= 0.6 is 0 Å². The van der Waals surface area contributed by atoms with E-state index in [0.29, 0.717) is 6.61 Å². The summed E-state index contributed by atoms with van der Waals surface area (Å²) >= 11 is 0. The van der Waals surface area contributed by atoms with Gasteiger partial charge in [-0.15, -0.1) is 0 Å². The molecule has 1 unspecified atom stereocenters. The maximum Gasteiger partial charge on any atom is 0.143 e. The van der Waals surface area contributed by atoms with E-state index in [4.69, 9.17) is 10.00 Å². The van der Waals surface area contributed by atoms with Gasteiger partial charge in [-0.05, 0) is 32.1 Å². The topological polar surface area (TPSA) is 33.0 Å². The van der Waals surface area contributed by atoms with Gasteiger partial charge in [0.25, 0.3) is 0 Å². The number of hydrogen-bond donors (Lipinski definition) is 0. The van der Waals surface area contributed by atoms with Gasteiger partial charge in [0.05, 0.1) is 6.07 Å². The lowest BCUT2D eigenvalue weighted by molar-refractivity contribution is 0.0862. The predicted molar refractivity (Wildman–Crippen MR) is 68.2 cm³/mol. The molecule has 16 heavy (non-hydrogen) atoms. The van der Waals surface area contributed by atoms with Crippen molar-refractivity contribution >= 4 is 0 Å². The van der Waals surface area contributed by atoms with Crippen LogP contribution in [0.5, 0.6) is 0 Å². The standard InChI is InChI=1S/C14H25NO/c1-3-5-6-7-8-9-10-11-12-16-14(4-2)13-15/h8-9,14H,3-7,10-12H2,1-2H3/b9-8-. The number of rotatable bonds is 10. The van der Waals surface area contributed by atoms with E-state index in [0.717, 1.165) is 19.3 Å². The summed E-state index contributed by atoms with van der Waals surface area (Å²) < 4.78 is 5.39. The SMILES string of the molecule is CCCCC/C=C\CCCOC(C#N)CC. The van der Waals surface area contributed by atoms with Crippen molar-refractivity contribution in [2.75, 3.05) is 6.61 Å². The molecule has 0 N–H and O–H groups in total. The molecule has 1 atom stereocenters. The highest BCUT2D eigenvalue weighted by Gasteiger charge is 2.01. The first-order valence-corrected chi connectivity index (χ1v) is 6.51. The van der Waals surface area contributed by atoms with Crippen molar-refractivity contribution < 1.29 is 4.74 Å². The van der Waals surface area contributed by atoms with Crippen LogP contribution in [0, 0.1) is 11.3 Å². The lowest BCUT2D eigenvalue weighted by Gasteiger charge is -2.06. The minimum Gasteiger partial charge on any atom is -0.363 e. The zero-order chi connectivity index (χ0) is 12.1. The number of ether oxygens (including phenoxy) is 1. The summed E-state index contributed by atoms with van der Waals surface area (Å²) in [6, 6.07) is 2.14. The normalized spacial score (nSPS) is 12.8. The maximum atomic E-state index is 8.66. The molecular formula is C14H25NO. The summed E-state index contributed by atoms with van der Waals surface area (Å²) in [5.74, 6) is 0. The van der Waals surface area contributed by atoms with Gasteiger partial charge in [-0.3, -0.25) is 0 Å². The Labute approximate surface area is 100 Å².